The molecule has 0 aliphatic carbocycles. The van der Waals surface area contributed by atoms with Gasteiger partial charge in [-0.25, -0.2) is 8.42 Å². The van der Waals surface area contributed by atoms with Crippen LogP contribution in [0.3, 0.4) is 0 Å². The Labute approximate surface area is 144 Å². The average molecular weight is 353 g/mol. The summed E-state index contributed by atoms with van der Waals surface area (Å²) in [4.78, 5) is 12.1. The van der Waals surface area contributed by atoms with Crippen molar-refractivity contribution in [3.63, 3.8) is 0 Å². The fourth-order valence-electron chi connectivity index (χ4n) is 2.80. The molecule has 1 atom stereocenters. The number of nitrogens with two attached hydrogens (primary N) is 1. The van der Waals surface area contributed by atoms with E-state index in [4.69, 9.17) is 5.73 Å². The van der Waals surface area contributed by atoms with Crippen molar-refractivity contribution in [1.82, 2.24) is 9.62 Å². The fraction of sp³-hybridized carbons (Fsp3) is 0.588. The lowest BCUT2D eigenvalue weighted by molar-refractivity contribution is -0.122. The van der Waals surface area contributed by atoms with E-state index < -0.39 is 16.1 Å². The summed E-state index contributed by atoms with van der Waals surface area (Å²) in [6.07, 6.45) is 4.43. The highest BCUT2D eigenvalue weighted by Crippen LogP contribution is 2.20. The number of carbonyl (C=O) groups is 1. The van der Waals surface area contributed by atoms with E-state index in [-0.39, 0.29) is 5.91 Å². The summed E-state index contributed by atoms with van der Waals surface area (Å²) >= 11 is 0. The number of hydrogen-bond donors (Lipinski definition) is 2. The third kappa shape index (κ3) is 4.78. The summed E-state index contributed by atoms with van der Waals surface area (Å²) in [5.74, 6) is -0.179. The second-order valence-electron chi connectivity index (χ2n) is 6.22. The molecule has 3 N–H and O–H groups in total. The summed E-state index contributed by atoms with van der Waals surface area (Å²) in [5, 5.41) is 2.78. The lowest BCUT2D eigenvalue weighted by atomic mass is 10.1. The van der Waals surface area contributed by atoms with E-state index in [1.165, 1.54) is 0 Å². The zero-order valence-electron chi connectivity index (χ0n) is 14.2. The van der Waals surface area contributed by atoms with Gasteiger partial charge in [0.05, 0.1) is 10.9 Å². The van der Waals surface area contributed by atoms with E-state index in [0.717, 1.165) is 31.2 Å². The van der Waals surface area contributed by atoms with Crippen molar-refractivity contribution in [1.29, 1.82) is 0 Å². The maximum absolute atomic E-state index is 12.6. The first kappa shape index (κ1) is 18.9. The van der Waals surface area contributed by atoms with Crippen molar-refractivity contribution in [2.24, 2.45) is 5.73 Å². The number of benzene rings is 1. The van der Waals surface area contributed by atoms with E-state index in [1.807, 2.05) is 6.92 Å². The molecule has 2 rings (SSSR count). The first-order valence-electron chi connectivity index (χ1n) is 8.57. The van der Waals surface area contributed by atoms with E-state index in [1.54, 1.807) is 28.6 Å². The van der Waals surface area contributed by atoms with Gasteiger partial charge < -0.3 is 11.1 Å². The second kappa shape index (κ2) is 8.60. The number of nitrogens with one attached hydrogen (secondary N) is 1. The predicted octanol–water partition coefficient (Wildman–Crippen LogP) is 1.60. The quantitative estimate of drug-likeness (QED) is 0.779. The number of nitrogens with zero attached hydrogens (tertiary/aromatic N) is 1. The molecule has 1 aliphatic rings. The number of piperidine rings is 1. The average Bonchev–Trinajstić information content (AvgIpc) is 2.61. The molecule has 0 bridgehead atoms. The summed E-state index contributed by atoms with van der Waals surface area (Å²) < 4.78 is 26.7. The number of sulfonamides is 1. The van der Waals surface area contributed by atoms with Crippen LogP contribution in [0.25, 0.3) is 0 Å². The highest BCUT2D eigenvalue weighted by atomic mass is 32.2. The highest BCUT2D eigenvalue weighted by Gasteiger charge is 2.25. The van der Waals surface area contributed by atoms with Gasteiger partial charge >= 0.3 is 0 Å². The van der Waals surface area contributed by atoms with Crippen LogP contribution in [0.4, 0.5) is 0 Å². The molecule has 24 heavy (non-hydrogen) atoms. The van der Waals surface area contributed by atoms with Crippen molar-refractivity contribution in [2.75, 3.05) is 13.1 Å². The second-order valence-corrected chi connectivity index (χ2v) is 8.16. The summed E-state index contributed by atoms with van der Waals surface area (Å²) in [6, 6.07) is 6.20. The third-order valence-electron chi connectivity index (χ3n) is 4.28. The maximum Gasteiger partial charge on any atom is 0.243 e. The minimum Gasteiger partial charge on any atom is -0.351 e. The normalized spacial score (nSPS) is 17.4. The van der Waals surface area contributed by atoms with E-state index >= 15 is 0 Å². The molecule has 1 fully saturated rings. The topological polar surface area (TPSA) is 92.5 Å². The smallest absolute Gasteiger partial charge is 0.243 e. The molecule has 134 valence electrons. The Morgan fingerprint density at radius 1 is 1.21 bits per heavy atom. The SMILES string of the molecule is CCCC(N)C(=O)NCc1ccc(S(=O)(=O)N2CCCCC2)cc1. The Morgan fingerprint density at radius 2 is 1.83 bits per heavy atom. The molecular weight excluding hydrogens is 326 g/mol. The van der Waals surface area contributed by atoms with Gasteiger partial charge in [0.25, 0.3) is 0 Å². The molecule has 1 heterocycles. The van der Waals surface area contributed by atoms with Gasteiger partial charge in [-0.2, -0.15) is 4.31 Å². The molecule has 0 radical (unpaired) electrons. The van der Waals surface area contributed by atoms with Gasteiger partial charge in [-0.15, -0.1) is 0 Å². The Balaban J connectivity index is 1.96. The van der Waals surface area contributed by atoms with Crippen LogP contribution in [0.1, 0.15) is 44.6 Å². The Kier molecular flexibility index (Phi) is 6.77. The van der Waals surface area contributed by atoms with Gasteiger partial charge in [-0.3, -0.25) is 4.79 Å². The minimum absolute atomic E-state index is 0.179. The maximum atomic E-state index is 12.6. The molecule has 0 spiro atoms. The van der Waals surface area contributed by atoms with E-state index in [0.29, 0.717) is 31.0 Å². The van der Waals surface area contributed by atoms with E-state index in [2.05, 4.69) is 5.32 Å². The number of rotatable bonds is 7. The molecular formula is C17H27N3O3S. The molecule has 6 nitrogen and oxygen atoms in total. The zero-order valence-corrected chi connectivity index (χ0v) is 15.0. The largest absolute Gasteiger partial charge is 0.351 e. The van der Waals surface area contributed by atoms with Crippen LogP contribution in [-0.4, -0.2) is 37.8 Å². The molecule has 1 aromatic carbocycles. The first-order chi connectivity index (χ1) is 11.4. The number of hydrogen-bond acceptors (Lipinski definition) is 4. The van der Waals surface area contributed by atoms with Crippen LogP contribution >= 0.6 is 0 Å². The van der Waals surface area contributed by atoms with Crippen molar-refractivity contribution in [3.05, 3.63) is 29.8 Å². The van der Waals surface area contributed by atoms with Crippen molar-refractivity contribution < 1.29 is 13.2 Å². The van der Waals surface area contributed by atoms with Crippen molar-refractivity contribution >= 4 is 15.9 Å². The summed E-state index contributed by atoms with van der Waals surface area (Å²) in [6.45, 7) is 3.51. The van der Waals surface area contributed by atoms with Gasteiger partial charge in [0.15, 0.2) is 0 Å². The third-order valence-corrected chi connectivity index (χ3v) is 6.19. The molecule has 0 aromatic heterocycles. The van der Waals surface area contributed by atoms with Crippen LogP contribution in [0.5, 0.6) is 0 Å². The van der Waals surface area contributed by atoms with E-state index in [9.17, 15) is 13.2 Å². The monoisotopic (exact) mass is 353 g/mol. The van der Waals surface area contributed by atoms with Gasteiger partial charge in [0, 0.05) is 19.6 Å². The van der Waals surface area contributed by atoms with Crippen LogP contribution < -0.4 is 11.1 Å². The predicted molar refractivity (Wildman–Crippen MR) is 93.8 cm³/mol. The van der Waals surface area contributed by atoms with Crippen LogP contribution in [-0.2, 0) is 21.4 Å². The van der Waals surface area contributed by atoms with Crippen molar-refractivity contribution in [3.8, 4) is 0 Å². The molecule has 1 amide bonds. The minimum atomic E-state index is -3.40. The zero-order chi connectivity index (χ0) is 17.6. The fourth-order valence-corrected chi connectivity index (χ4v) is 4.31. The van der Waals surface area contributed by atoms with Gasteiger partial charge in [-0.1, -0.05) is 31.9 Å². The summed E-state index contributed by atoms with van der Waals surface area (Å²) in [5.41, 5.74) is 6.61. The molecule has 7 heteroatoms. The van der Waals surface area contributed by atoms with Gasteiger partial charge in [0.2, 0.25) is 15.9 Å². The van der Waals surface area contributed by atoms with Crippen LogP contribution in [0, 0.1) is 0 Å². The molecule has 1 saturated heterocycles. The van der Waals surface area contributed by atoms with Gasteiger partial charge in [0.1, 0.15) is 0 Å². The lowest BCUT2D eigenvalue weighted by Gasteiger charge is -2.25. The molecule has 1 aliphatic heterocycles. The molecule has 1 aromatic rings. The number of amides is 1. The highest BCUT2D eigenvalue weighted by molar-refractivity contribution is 7.89. The summed E-state index contributed by atoms with van der Waals surface area (Å²) in [7, 11) is -3.40. The Hall–Kier alpha value is -1.44. The number of carbonyl (C=O) groups excluding carboxylic acids is 1. The van der Waals surface area contributed by atoms with Crippen LogP contribution in [0.2, 0.25) is 0 Å². The molecule has 1 unspecified atom stereocenters. The van der Waals surface area contributed by atoms with Crippen molar-refractivity contribution in [2.45, 2.75) is 56.5 Å². The Morgan fingerprint density at radius 3 is 2.42 bits per heavy atom. The lowest BCUT2D eigenvalue weighted by Crippen LogP contribution is -2.40. The molecule has 0 saturated carbocycles. The first-order valence-corrected chi connectivity index (χ1v) is 10.0. The van der Waals surface area contributed by atoms with Gasteiger partial charge in [-0.05, 0) is 37.0 Å². The Bertz CT molecular complexity index is 638. The van der Waals surface area contributed by atoms with Crippen LogP contribution in [0.15, 0.2) is 29.2 Å². The standard InChI is InChI=1S/C17H27N3O3S/c1-2-6-16(18)17(21)19-13-14-7-9-15(10-8-14)24(22,23)20-11-4-3-5-12-20/h7-10,16H,2-6,11-13,18H2,1H3,(H,19,21).